The maximum Gasteiger partial charge on any atom is 0.326 e. The Balaban J connectivity index is 1.89. The number of rotatable bonds is 2. The summed E-state index contributed by atoms with van der Waals surface area (Å²) in [4.78, 5) is 26.5. The fourth-order valence-electron chi connectivity index (χ4n) is 2.58. The number of carboxylic acid groups (broad SMARTS) is 1. The van der Waals surface area contributed by atoms with Gasteiger partial charge in [0.05, 0.1) is 0 Å². The van der Waals surface area contributed by atoms with E-state index in [4.69, 9.17) is 5.11 Å². The van der Waals surface area contributed by atoms with Crippen molar-refractivity contribution in [1.82, 2.24) is 15.1 Å². The van der Waals surface area contributed by atoms with Gasteiger partial charge < -0.3 is 20.2 Å². The van der Waals surface area contributed by atoms with Crippen LogP contribution in [0.15, 0.2) is 0 Å². The molecule has 0 aliphatic carbocycles. The molecular formula is C11H19N3O3. The summed E-state index contributed by atoms with van der Waals surface area (Å²) >= 11 is 0. The van der Waals surface area contributed by atoms with Gasteiger partial charge in [0.25, 0.3) is 0 Å². The van der Waals surface area contributed by atoms with Crippen molar-refractivity contribution in [3.63, 3.8) is 0 Å². The van der Waals surface area contributed by atoms with Gasteiger partial charge in [-0.15, -0.1) is 0 Å². The molecule has 2 rings (SSSR count). The lowest BCUT2D eigenvalue weighted by atomic mass is 10.2. The fourth-order valence-corrected chi connectivity index (χ4v) is 2.58. The second-order valence-corrected chi connectivity index (χ2v) is 4.89. The number of nitrogens with zero attached hydrogens (tertiary/aromatic N) is 2. The molecule has 0 aromatic heterocycles. The van der Waals surface area contributed by atoms with Crippen molar-refractivity contribution in [3.05, 3.63) is 0 Å². The second kappa shape index (κ2) is 4.91. The first kappa shape index (κ1) is 12.2. The highest BCUT2D eigenvalue weighted by Gasteiger charge is 2.35. The molecule has 2 aliphatic heterocycles. The number of likely N-dealkylation sites (N-methyl/N-ethyl adjacent to an activating group) is 1. The molecule has 0 spiro atoms. The largest absolute Gasteiger partial charge is 0.480 e. The zero-order valence-electron chi connectivity index (χ0n) is 10.1. The van der Waals surface area contributed by atoms with Gasteiger partial charge in [0, 0.05) is 19.1 Å². The van der Waals surface area contributed by atoms with E-state index in [9.17, 15) is 9.59 Å². The molecule has 96 valence electrons. The Morgan fingerprint density at radius 3 is 2.65 bits per heavy atom. The van der Waals surface area contributed by atoms with E-state index >= 15 is 0 Å². The number of hydrogen-bond donors (Lipinski definition) is 2. The van der Waals surface area contributed by atoms with Crippen LogP contribution >= 0.6 is 0 Å². The molecule has 0 aromatic rings. The van der Waals surface area contributed by atoms with E-state index in [0.29, 0.717) is 13.0 Å². The predicted octanol–water partition coefficient (Wildman–Crippen LogP) is -0.0509. The van der Waals surface area contributed by atoms with Crippen LogP contribution in [0.2, 0.25) is 0 Å². The van der Waals surface area contributed by atoms with Crippen molar-refractivity contribution < 1.29 is 14.7 Å². The van der Waals surface area contributed by atoms with E-state index in [1.807, 2.05) is 7.05 Å². The molecule has 2 N–H and O–H groups in total. The van der Waals surface area contributed by atoms with E-state index in [-0.39, 0.29) is 12.1 Å². The standard InChI is InChI=1S/C11H19N3O3/c1-13-6-4-8(7-13)12-11(17)14-5-2-3-9(14)10(15)16/h8-9H,2-7H2,1H3,(H,12,17)(H,15,16)/t8?,9-/m0/s1. The second-order valence-electron chi connectivity index (χ2n) is 4.89. The number of hydrogen-bond acceptors (Lipinski definition) is 3. The topological polar surface area (TPSA) is 72.9 Å². The first-order valence-corrected chi connectivity index (χ1v) is 6.06. The van der Waals surface area contributed by atoms with E-state index in [0.717, 1.165) is 25.9 Å². The van der Waals surface area contributed by atoms with Gasteiger partial charge >= 0.3 is 12.0 Å². The Kier molecular flexibility index (Phi) is 3.51. The van der Waals surface area contributed by atoms with E-state index in [1.54, 1.807) is 0 Å². The van der Waals surface area contributed by atoms with Gasteiger partial charge in [0.1, 0.15) is 6.04 Å². The SMILES string of the molecule is CN1CCC(NC(=O)N2CCC[C@H]2C(=O)O)C1. The Hall–Kier alpha value is -1.30. The monoisotopic (exact) mass is 241 g/mol. The minimum absolute atomic E-state index is 0.155. The maximum absolute atomic E-state index is 12.0. The highest BCUT2D eigenvalue weighted by atomic mass is 16.4. The molecule has 0 bridgehead atoms. The summed E-state index contributed by atoms with van der Waals surface area (Å²) < 4.78 is 0. The van der Waals surface area contributed by atoms with Crippen LogP contribution in [0, 0.1) is 0 Å². The van der Waals surface area contributed by atoms with E-state index in [2.05, 4.69) is 10.2 Å². The fraction of sp³-hybridized carbons (Fsp3) is 0.818. The lowest BCUT2D eigenvalue weighted by Gasteiger charge is -2.24. The van der Waals surface area contributed by atoms with Crippen molar-refractivity contribution >= 4 is 12.0 Å². The molecule has 2 aliphatic rings. The molecular weight excluding hydrogens is 222 g/mol. The number of carboxylic acids is 1. The third-order valence-electron chi connectivity index (χ3n) is 3.52. The van der Waals surface area contributed by atoms with Gasteiger partial charge in [-0.25, -0.2) is 9.59 Å². The predicted molar refractivity (Wildman–Crippen MR) is 61.8 cm³/mol. The van der Waals surface area contributed by atoms with Gasteiger partial charge in [-0.3, -0.25) is 0 Å². The van der Waals surface area contributed by atoms with Crippen molar-refractivity contribution in [3.8, 4) is 0 Å². The molecule has 17 heavy (non-hydrogen) atoms. The number of nitrogens with one attached hydrogen (secondary N) is 1. The minimum atomic E-state index is -0.902. The van der Waals surface area contributed by atoms with E-state index < -0.39 is 12.0 Å². The average molecular weight is 241 g/mol. The van der Waals surface area contributed by atoms with Gasteiger partial charge in [0.2, 0.25) is 0 Å². The zero-order valence-corrected chi connectivity index (χ0v) is 10.1. The molecule has 1 unspecified atom stereocenters. The lowest BCUT2D eigenvalue weighted by Crippen LogP contribution is -2.49. The van der Waals surface area contributed by atoms with Crippen LogP contribution in [0.3, 0.4) is 0 Å². The van der Waals surface area contributed by atoms with Crippen LogP contribution in [0.1, 0.15) is 19.3 Å². The maximum atomic E-state index is 12.0. The van der Waals surface area contributed by atoms with Crippen molar-refractivity contribution in [2.45, 2.75) is 31.3 Å². The Labute approximate surface area is 101 Å². The highest BCUT2D eigenvalue weighted by Crippen LogP contribution is 2.18. The molecule has 2 atom stereocenters. The summed E-state index contributed by atoms with van der Waals surface area (Å²) in [6.07, 6.45) is 2.27. The first-order valence-electron chi connectivity index (χ1n) is 6.06. The Morgan fingerprint density at radius 2 is 2.06 bits per heavy atom. The van der Waals surface area contributed by atoms with Crippen LogP contribution < -0.4 is 5.32 Å². The molecule has 2 heterocycles. The minimum Gasteiger partial charge on any atom is -0.480 e. The Bertz CT molecular complexity index is 321. The first-order chi connectivity index (χ1) is 8.08. The summed E-state index contributed by atoms with van der Waals surface area (Å²) in [6, 6.07) is -0.716. The van der Waals surface area contributed by atoms with Gasteiger partial charge in [-0.05, 0) is 32.9 Å². The van der Waals surface area contributed by atoms with E-state index in [1.165, 1.54) is 4.90 Å². The van der Waals surface area contributed by atoms with Crippen LogP contribution in [0.5, 0.6) is 0 Å². The van der Waals surface area contributed by atoms with Crippen molar-refractivity contribution in [2.24, 2.45) is 0 Å². The normalized spacial score (nSPS) is 29.6. The summed E-state index contributed by atoms with van der Waals surface area (Å²) in [5.74, 6) is -0.902. The number of likely N-dealkylation sites (tertiary alicyclic amines) is 2. The van der Waals surface area contributed by atoms with Crippen LogP contribution in [0.25, 0.3) is 0 Å². The van der Waals surface area contributed by atoms with Crippen LogP contribution in [0.4, 0.5) is 4.79 Å². The molecule has 2 fully saturated rings. The molecule has 6 nitrogen and oxygen atoms in total. The number of aliphatic carboxylic acids is 1. The summed E-state index contributed by atoms with van der Waals surface area (Å²) in [5.41, 5.74) is 0. The lowest BCUT2D eigenvalue weighted by molar-refractivity contribution is -0.141. The highest BCUT2D eigenvalue weighted by molar-refractivity contribution is 5.83. The summed E-state index contributed by atoms with van der Waals surface area (Å²) in [5, 5.41) is 11.9. The molecule has 0 radical (unpaired) electrons. The zero-order chi connectivity index (χ0) is 12.4. The molecule has 6 heteroatoms. The number of carbonyl (C=O) groups excluding carboxylic acids is 1. The smallest absolute Gasteiger partial charge is 0.326 e. The van der Waals surface area contributed by atoms with Crippen LogP contribution in [-0.4, -0.2) is 65.7 Å². The van der Waals surface area contributed by atoms with Gasteiger partial charge in [-0.2, -0.15) is 0 Å². The van der Waals surface area contributed by atoms with Gasteiger partial charge in [-0.1, -0.05) is 0 Å². The van der Waals surface area contributed by atoms with Crippen molar-refractivity contribution in [1.29, 1.82) is 0 Å². The quantitative estimate of drug-likeness (QED) is 0.711. The summed E-state index contributed by atoms with van der Waals surface area (Å²) in [6.45, 7) is 2.37. The Morgan fingerprint density at radius 1 is 1.29 bits per heavy atom. The van der Waals surface area contributed by atoms with Crippen LogP contribution in [-0.2, 0) is 4.79 Å². The van der Waals surface area contributed by atoms with Gasteiger partial charge in [0.15, 0.2) is 0 Å². The molecule has 0 saturated carbocycles. The third-order valence-corrected chi connectivity index (χ3v) is 3.52. The summed E-state index contributed by atoms with van der Waals surface area (Å²) in [7, 11) is 2.02. The average Bonchev–Trinajstić information content (AvgIpc) is 2.86. The number of carbonyl (C=O) groups is 2. The number of amides is 2. The molecule has 2 saturated heterocycles. The van der Waals surface area contributed by atoms with Crippen molar-refractivity contribution in [2.75, 3.05) is 26.7 Å². The molecule has 2 amide bonds. The third kappa shape index (κ3) is 2.69. The number of urea groups is 1. The molecule has 0 aromatic carbocycles.